The third-order valence-electron chi connectivity index (χ3n) is 1.48. The highest BCUT2D eigenvalue weighted by Crippen LogP contribution is 2.13. The first-order chi connectivity index (χ1) is 4.99. The molecular formula is C7H12O3S. The van der Waals surface area contributed by atoms with Gasteiger partial charge in [0.1, 0.15) is 0 Å². The lowest BCUT2D eigenvalue weighted by Gasteiger charge is -2.01. The maximum Gasteiger partial charge on any atom is 0.271 e. The minimum Gasteiger partial charge on any atom is -0.269 e. The van der Waals surface area contributed by atoms with Gasteiger partial charge in [-0.05, 0) is 12.8 Å². The fourth-order valence-corrected chi connectivity index (χ4v) is 2.27. The summed E-state index contributed by atoms with van der Waals surface area (Å²) < 4.78 is 26.6. The Kier molecular flexibility index (Phi) is 2.34. The van der Waals surface area contributed by atoms with Crippen LogP contribution in [0.2, 0.25) is 0 Å². The maximum atomic E-state index is 11.0. The topological polar surface area (TPSA) is 43.4 Å². The highest BCUT2D eigenvalue weighted by molar-refractivity contribution is 7.86. The van der Waals surface area contributed by atoms with Crippen molar-refractivity contribution in [3.8, 4) is 0 Å². The van der Waals surface area contributed by atoms with Gasteiger partial charge in [0.25, 0.3) is 10.1 Å². The van der Waals surface area contributed by atoms with E-state index >= 15 is 0 Å². The molecule has 0 N–H and O–H groups in total. The molecule has 0 bridgehead atoms. The van der Waals surface area contributed by atoms with Crippen molar-refractivity contribution in [2.45, 2.75) is 13.8 Å². The fraction of sp³-hybridized carbons (Fsp3) is 0.714. The van der Waals surface area contributed by atoms with Crippen LogP contribution in [-0.4, -0.2) is 20.8 Å². The first-order valence-electron chi connectivity index (χ1n) is 3.54. The lowest BCUT2D eigenvalue weighted by molar-refractivity contribution is 0.293. The predicted octanol–water partition coefficient (Wildman–Crippen LogP) is 0.929. The van der Waals surface area contributed by atoms with Gasteiger partial charge in [-0.25, -0.2) is 0 Å². The van der Waals surface area contributed by atoms with Crippen molar-refractivity contribution in [3.63, 3.8) is 0 Å². The molecule has 0 aromatic carbocycles. The van der Waals surface area contributed by atoms with E-state index in [4.69, 9.17) is 4.18 Å². The Morgan fingerprint density at radius 1 is 1.64 bits per heavy atom. The van der Waals surface area contributed by atoms with Crippen LogP contribution in [0.15, 0.2) is 11.6 Å². The van der Waals surface area contributed by atoms with Crippen molar-refractivity contribution in [3.05, 3.63) is 11.6 Å². The SMILES string of the molecule is CC1=CC(C)COS(=O)(=O)C1. The van der Waals surface area contributed by atoms with Crippen LogP contribution in [0.1, 0.15) is 13.8 Å². The summed E-state index contributed by atoms with van der Waals surface area (Å²) in [6.45, 7) is 4.02. The van der Waals surface area contributed by atoms with E-state index in [9.17, 15) is 8.42 Å². The first kappa shape index (κ1) is 8.74. The standard InChI is InChI=1S/C7H12O3S/c1-6-3-7(2)5-11(8,9)10-4-6/h3,6H,4-5H2,1-2H3. The Balaban J connectivity index is 2.85. The molecule has 0 fully saturated rings. The van der Waals surface area contributed by atoms with Gasteiger partial charge in [0, 0.05) is 0 Å². The quantitative estimate of drug-likeness (QED) is 0.407. The second kappa shape index (κ2) is 2.95. The van der Waals surface area contributed by atoms with Crippen molar-refractivity contribution in [1.82, 2.24) is 0 Å². The molecule has 0 aromatic rings. The third-order valence-corrected chi connectivity index (χ3v) is 2.79. The number of hydrogen-bond donors (Lipinski definition) is 0. The Hall–Kier alpha value is -0.350. The largest absolute Gasteiger partial charge is 0.271 e. The Bertz CT molecular complexity index is 263. The van der Waals surface area contributed by atoms with Crippen molar-refractivity contribution in [2.75, 3.05) is 12.4 Å². The smallest absolute Gasteiger partial charge is 0.269 e. The second-order valence-corrected chi connectivity index (χ2v) is 4.62. The van der Waals surface area contributed by atoms with E-state index in [1.165, 1.54) is 0 Å². The Labute approximate surface area is 67.2 Å². The minimum atomic E-state index is -3.27. The number of rotatable bonds is 0. The van der Waals surface area contributed by atoms with E-state index < -0.39 is 10.1 Å². The molecule has 0 spiro atoms. The average molecular weight is 176 g/mol. The molecule has 1 unspecified atom stereocenters. The van der Waals surface area contributed by atoms with E-state index in [0.717, 1.165) is 5.57 Å². The molecule has 0 aromatic heterocycles. The predicted molar refractivity (Wildman–Crippen MR) is 42.7 cm³/mol. The van der Waals surface area contributed by atoms with Crippen LogP contribution in [0.5, 0.6) is 0 Å². The zero-order valence-electron chi connectivity index (χ0n) is 6.70. The minimum absolute atomic E-state index is 0.0390. The van der Waals surface area contributed by atoms with Crippen molar-refractivity contribution in [2.24, 2.45) is 5.92 Å². The molecule has 11 heavy (non-hydrogen) atoms. The average Bonchev–Trinajstić information content (AvgIpc) is 1.90. The molecule has 0 saturated heterocycles. The van der Waals surface area contributed by atoms with Crippen LogP contribution < -0.4 is 0 Å². The van der Waals surface area contributed by atoms with Gasteiger partial charge < -0.3 is 0 Å². The van der Waals surface area contributed by atoms with E-state index in [1.807, 2.05) is 19.9 Å². The van der Waals surface area contributed by atoms with Gasteiger partial charge in [-0.15, -0.1) is 0 Å². The van der Waals surface area contributed by atoms with Gasteiger partial charge in [-0.1, -0.05) is 18.6 Å². The molecule has 0 radical (unpaired) electrons. The number of hydrogen-bond acceptors (Lipinski definition) is 3. The maximum absolute atomic E-state index is 11.0. The summed E-state index contributed by atoms with van der Waals surface area (Å²) in [5.74, 6) is 0.240. The van der Waals surface area contributed by atoms with Gasteiger partial charge >= 0.3 is 0 Å². The van der Waals surface area contributed by atoms with Crippen molar-refractivity contribution in [1.29, 1.82) is 0 Å². The van der Waals surface area contributed by atoms with Gasteiger partial charge in [0.05, 0.1) is 12.4 Å². The second-order valence-electron chi connectivity index (χ2n) is 2.98. The van der Waals surface area contributed by atoms with E-state index in [1.54, 1.807) is 0 Å². The van der Waals surface area contributed by atoms with E-state index in [0.29, 0.717) is 0 Å². The van der Waals surface area contributed by atoms with E-state index in [-0.39, 0.29) is 18.3 Å². The highest BCUT2D eigenvalue weighted by Gasteiger charge is 2.17. The first-order valence-corrected chi connectivity index (χ1v) is 5.12. The molecule has 64 valence electrons. The highest BCUT2D eigenvalue weighted by atomic mass is 32.2. The summed E-state index contributed by atoms with van der Waals surface area (Å²) in [6, 6.07) is 0. The molecular weight excluding hydrogens is 164 g/mol. The van der Waals surface area contributed by atoms with Crippen molar-refractivity contribution >= 4 is 10.1 Å². The molecule has 1 rings (SSSR count). The van der Waals surface area contributed by atoms with Crippen LogP contribution in [0, 0.1) is 5.92 Å². The van der Waals surface area contributed by atoms with Gasteiger partial charge in [0.2, 0.25) is 0 Å². The molecule has 4 heteroatoms. The zero-order valence-corrected chi connectivity index (χ0v) is 7.52. The molecule has 0 saturated carbocycles. The summed E-state index contributed by atoms with van der Waals surface area (Å²) in [5.41, 5.74) is 0.870. The van der Waals surface area contributed by atoms with Crippen LogP contribution >= 0.6 is 0 Å². The third kappa shape index (κ3) is 2.63. The van der Waals surface area contributed by atoms with E-state index in [2.05, 4.69) is 0 Å². The molecule has 0 amide bonds. The van der Waals surface area contributed by atoms with Crippen LogP contribution in [0.4, 0.5) is 0 Å². The molecule has 3 nitrogen and oxygen atoms in total. The molecule has 1 aliphatic heterocycles. The molecule has 1 aliphatic rings. The van der Waals surface area contributed by atoms with Crippen LogP contribution in [-0.2, 0) is 14.3 Å². The van der Waals surface area contributed by atoms with Gasteiger partial charge in [-0.3, -0.25) is 4.18 Å². The summed E-state index contributed by atoms with van der Waals surface area (Å²) in [5, 5.41) is 0. The summed E-state index contributed by atoms with van der Waals surface area (Å²) >= 11 is 0. The summed E-state index contributed by atoms with van der Waals surface area (Å²) in [7, 11) is -3.27. The zero-order chi connectivity index (χ0) is 8.48. The van der Waals surface area contributed by atoms with Gasteiger partial charge in [-0.2, -0.15) is 8.42 Å². The lowest BCUT2D eigenvalue weighted by atomic mass is 10.1. The molecule has 0 aliphatic carbocycles. The fourth-order valence-electron chi connectivity index (χ4n) is 1.11. The van der Waals surface area contributed by atoms with Crippen molar-refractivity contribution < 1.29 is 12.6 Å². The molecule has 1 atom stereocenters. The monoisotopic (exact) mass is 176 g/mol. The van der Waals surface area contributed by atoms with Crippen LogP contribution in [0.25, 0.3) is 0 Å². The summed E-state index contributed by atoms with van der Waals surface area (Å²) in [6.07, 6.45) is 1.94. The normalized spacial score (nSPS) is 30.7. The Morgan fingerprint density at radius 3 is 2.91 bits per heavy atom. The summed E-state index contributed by atoms with van der Waals surface area (Å²) in [4.78, 5) is 0. The van der Waals surface area contributed by atoms with Gasteiger partial charge in [0.15, 0.2) is 0 Å². The molecule has 1 heterocycles. The lowest BCUT2D eigenvalue weighted by Crippen LogP contribution is -2.10. The van der Waals surface area contributed by atoms with Crippen LogP contribution in [0.3, 0.4) is 0 Å². The Morgan fingerprint density at radius 2 is 2.27 bits per heavy atom.